The van der Waals surface area contributed by atoms with Crippen molar-refractivity contribution in [1.29, 1.82) is 0 Å². The van der Waals surface area contributed by atoms with Gasteiger partial charge in [0.05, 0.1) is 16.6 Å². The van der Waals surface area contributed by atoms with Crippen molar-refractivity contribution in [2.24, 2.45) is 5.92 Å². The van der Waals surface area contributed by atoms with Crippen molar-refractivity contribution in [1.82, 2.24) is 4.57 Å². The minimum atomic E-state index is -0.706. The second-order valence-electron chi connectivity index (χ2n) is 8.84. The minimum absolute atomic E-state index is 0.185. The van der Waals surface area contributed by atoms with Gasteiger partial charge >= 0.3 is 4.87 Å². The van der Waals surface area contributed by atoms with E-state index < -0.39 is 17.1 Å². The van der Waals surface area contributed by atoms with Crippen LogP contribution in [0.5, 0.6) is 0 Å². The SMILES string of the molecule is O=C(Cn1c2c(sc1=O)C(c1ccccc1)C1C(=O)N(c3ccccc3)C(=O)C1S2)Nc1ccccc1. The molecule has 3 heterocycles. The summed E-state index contributed by atoms with van der Waals surface area (Å²) >= 11 is 2.26. The van der Waals surface area contributed by atoms with Gasteiger partial charge in [0.1, 0.15) is 11.8 Å². The molecule has 1 fully saturated rings. The monoisotopic (exact) mass is 527 g/mol. The summed E-state index contributed by atoms with van der Waals surface area (Å²) in [6.45, 7) is -0.185. The number of thiazole rings is 1. The highest BCUT2D eigenvalue weighted by molar-refractivity contribution is 8.00. The van der Waals surface area contributed by atoms with Crippen LogP contribution in [0, 0.1) is 5.92 Å². The lowest BCUT2D eigenvalue weighted by Gasteiger charge is -2.30. The van der Waals surface area contributed by atoms with E-state index in [4.69, 9.17) is 0 Å². The Morgan fingerprint density at radius 3 is 2.11 bits per heavy atom. The zero-order chi connectivity index (χ0) is 25.5. The highest BCUT2D eigenvalue weighted by atomic mass is 32.2. The molecule has 0 radical (unpaired) electrons. The van der Waals surface area contributed by atoms with Gasteiger partial charge in [-0.25, -0.2) is 4.90 Å². The van der Waals surface area contributed by atoms with Crippen LogP contribution in [0.3, 0.4) is 0 Å². The van der Waals surface area contributed by atoms with Crippen LogP contribution in [0.25, 0.3) is 0 Å². The molecule has 6 rings (SSSR count). The average Bonchev–Trinajstić information content (AvgIpc) is 3.36. The van der Waals surface area contributed by atoms with E-state index in [1.807, 2.05) is 54.6 Å². The Morgan fingerprint density at radius 2 is 1.43 bits per heavy atom. The van der Waals surface area contributed by atoms with Gasteiger partial charge < -0.3 is 5.32 Å². The van der Waals surface area contributed by atoms with Crippen LogP contribution < -0.4 is 15.1 Å². The fourth-order valence-electron chi connectivity index (χ4n) is 4.97. The first-order valence-electron chi connectivity index (χ1n) is 11.8. The molecule has 3 aromatic carbocycles. The van der Waals surface area contributed by atoms with Gasteiger partial charge in [0.25, 0.3) is 0 Å². The molecule has 3 unspecified atom stereocenters. The summed E-state index contributed by atoms with van der Waals surface area (Å²) in [5, 5.41) is 2.68. The average molecular weight is 528 g/mol. The summed E-state index contributed by atoms with van der Waals surface area (Å²) < 4.78 is 1.43. The number of imide groups is 1. The van der Waals surface area contributed by atoms with Crippen molar-refractivity contribution in [3.05, 3.63) is 111 Å². The van der Waals surface area contributed by atoms with Crippen molar-refractivity contribution in [2.45, 2.75) is 22.7 Å². The van der Waals surface area contributed by atoms with E-state index in [1.165, 1.54) is 21.2 Å². The zero-order valence-corrected chi connectivity index (χ0v) is 21.1. The quantitative estimate of drug-likeness (QED) is 0.390. The number of aromatic nitrogens is 1. The lowest BCUT2D eigenvalue weighted by Crippen LogP contribution is -2.33. The van der Waals surface area contributed by atoms with E-state index in [2.05, 4.69) is 5.32 Å². The third-order valence-corrected chi connectivity index (χ3v) is 9.19. The van der Waals surface area contributed by atoms with Crippen molar-refractivity contribution < 1.29 is 14.4 Å². The Morgan fingerprint density at radius 1 is 0.811 bits per heavy atom. The highest BCUT2D eigenvalue weighted by Gasteiger charge is 2.56. The van der Waals surface area contributed by atoms with Crippen LogP contribution >= 0.6 is 23.1 Å². The van der Waals surface area contributed by atoms with Gasteiger partial charge in [0.2, 0.25) is 17.7 Å². The molecule has 37 heavy (non-hydrogen) atoms. The number of nitrogens with zero attached hydrogens (tertiary/aromatic N) is 2. The molecule has 4 aromatic rings. The smallest absolute Gasteiger partial charge is 0.308 e. The van der Waals surface area contributed by atoms with Crippen molar-refractivity contribution in [2.75, 3.05) is 10.2 Å². The fraction of sp³-hybridized carbons (Fsp3) is 0.143. The van der Waals surface area contributed by atoms with Gasteiger partial charge in [-0.1, -0.05) is 89.8 Å². The predicted molar refractivity (Wildman–Crippen MR) is 144 cm³/mol. The van der Waals surface area contributed by atoms with Gasteiger partial charge in [0.15, 0.2) is 0 Å². The molecule has 1 saturated heterocycles. The number of carbonyl (C=O) groups is 3. The Hall–Kier alpha value is -3.95. The van der Waals surface area contributed by atoms with Crippen LogP contribution in [0.4, 0.5) is 11.4 Å². The molecule has 0 aliphatic carbocycles. The molecular formula is C28H21N3O4S2. The standard InChI is InChI=1S/C28H21N3O4S2/c32-20(29-18-12-6-2-7-13-18)16-30-27-24(37-28(30)35)21(17-10-4-1-5-11-17)22-23(36-27)26(34)31(25(22)33)19-14-8-3-9-15-19/h1-15,21-23H,16H2,(H,29,32). The maximum Gasteiger partial charge on any atom is 0.308 e. The Balaban J connectivity index is 1.41. The Kier molecular flexibility index (Phi) is 6.02. The number of rotatable bonds is 5. The third-order valence-electron chi connectivity index (χ3n) is 6.58. The maximum atomic E-state index is 13.8. The molecule has 1 N–H and O–H groups in total. The first-order chi connectivity index (χ1) is 18.0. The topological polar surface area (TPSA) is 88.5 Å². The predicted octanol–water partition coefficient (Wildman–Crippen LogP) is 4.34. The van der Waals surface area contributed by atoms with Crippen LogP contribution in [-0.4, -0.2) is 27.5 Å². The number of anilines is 2. The number of fused-ring (bicyclic) bond motifs is 2. The van der Waals surface area contributed by atoms with Crippen molar-refractivity contribution in [3.8, 4) is 0 Å². The number of para-hydroxylation sites is 2. The number of amides is 3. The fourth-order valence-corrected chi connectivity index (χ4v) is 7.75. The molecule has 0 saturated carbocycles. The summed E-state index contributed by atoms with van der Waals surface area (Å²) in [4.78, 5) is 55.1. The van der Waals surface area contributed by atoms with Gasteiger partial charge in [0, 0.05) is 16.5 Å². The van der Waals surface area contributed by atoms with Crippen LogP contribution in [-0.2, 0) is 20.9 Å². The van der Waals surface area contributed by atoms with E-state index >= 15 is 0 Å². The lowest BCUT2D eigenvalue weighted by molar-refractivity contribution is -0.122. The molecular weight excluding hydrogens is 506 g/mol. The number of benzene rings is 3. The first-order valence-corrected chi connectivity index (χ1v) is 13.5. The maximum absolute atomic E-state index is 13.8. The summed E-state index contributed by atoms with van der Waals surface area (Å²) in [7, 11) is 0. The molecule has 1 aromatic heterocycles. The van der Waals surface area contributed by atoms with Gasteiger partial charge in [-0.3, -0.25) is 23.7 Å². The van der Waals surface area contributed by atoms with E-state index in [0.29, 0.717) is 21.3 Å². The Labute approximate surface area is 220 Å². The second-order valence-corrected chi connectivity index (χ2v) is 11.0. The molecule has 7 nitrogen and oxygen atoms in total. The van der Waals surface area contributed by atoms with Crippen LogP contribution in [0.2, 0.25) is 0 Å². The number of hydrogen-bond acceptors (Lipinski definition) is 6. The van der Waals surface area contributed by atoms with Crippen molar-refractivity contribution >= 4 is 52.2 Å². The van der Waals surface area contributed by atoms with Gasteiger partial charge in [-0.2, -0.15) is 0 Å². The summed E-state index contributed by atoms with van der Waals surface area (Å²) in [5.41, 5.74) is 2.02. The van der Waals surface area contributed by atoms with Crippen LogP contribution in [0.1, 0.15) is 16.4 Å². The van der Waals surface area contributed by atoms with Gasteiger partial charge in [-0.15, -0.1) is 0 Å². The number of thioether (sulfide) groups is 1. The van der Waals surface area contributed by atoms with Crippen LogP contribution in [0.15, 0.2) is 101 Å². The van der Waals surface area contributed by atoms with E-state index in [0.717, 1.165) is 16.9 Å². The van der Waals surface area contributed by atoms with Gasteiger partial charge in [-0.05, 0) is 29.8 Å². The number of carbonyl (C=O) groups excluding carboxylic acids is 3. The zero-order valence-electron chi connectivity index (χ0n) is 19.4. The van der Waals surface area contributed by atoms with Crippen molar-refractivity contribution in [3.63, 3.8) is 0 Å². The number of nitrogens with one attached hydrogen (secondary N) is 1. The van der Waals surface area contributed by atoms with E-state index in [-0.39, 0.29) is 29.1 Å². The highest BCUT2D eigenvalue weighted by Crippen LogP contribution is 2.53. The minimum Gasteiger partial charge on any atom is -0.325 e. The molecule has 184 valence electrons. The third kappa shape index (κ3) is 4.10. The first kappa shape index (κ1) is 23.4. The lowest BCUT2D eigenvalue weighted by atomic mass is 9.83. The largest absolute Gasteiger partial charge is 0.325 e. The molecule has 0 spiro atoms. The summed E-state index contributed by atoms with van der Waals surface area (Å²) in [5.74, 6) is -2.05. The summed E-state index contributed by atoms with van der Waals surface area (Å²) in [6.07, 6.45) is 0. The summed E-state index contributed by atoms with van der Waals surface area (Å²) in [6, 6.07) is 27.4. The normalized spacial score (nSPS) is 20.4. The molecule has 3 amide bonds. The molecule has 2 aliphatic heterocycles. The molecule has 3 atom stereocenters. The molecule has 0 bridgehead atoms. The van der Waals surface area contributed by atoms with E-state index in [1.54, 1.807) is 36.4 Å². The molecule has 9 heteroatoms. The Bertz CT molecular complexity index is 1550. The molecule has 2 aliphatic rings. The second kappa shape index (κ2) is 9.49. The van der Waals surface area contributed by atoms with E-state index in [9.17, 15) is 19.2 Å². The number of hydrogen-bond donors (Lipinski definition) is 1.